The summed E-state index contributed by atoms with van der Waals surface area (Å²) >= 11 is 5.98. The summed E-state index contributed by atoms with van der Waals surface area (Å²) in [5.74, 6) is 0.187. The number of aromatic nitrogens is 2. The van der Waals surface area contributed by atoms with E-state index < -0.39 is 5.82 Å². The topological polar surface area (TPSA) is 111 Å². The van der Waals surface area contributed by atoms with Crippen LogP contribution in [0.3, 0.4) is 0 Å². The molecule has 0 unspecified atom stereocenters. The molecule has 0 aliphatic heterocycles. The number of rotatable bonds is 4. The normalized spacial score (nSPS) is 10.3. The van der Waals surface area contributed by atoms with Gasteiger partial charge in [-0.2, -0.15) is 10.2 Å². The molecule has 0 saturated carbocycles. The molecule has 4 N–H and O–H groups in total. The lowest BCUT2D eigenvalue weighted by molar-refractivity contribution is 0.306. The zero-order valence-electron chi connectivity index (χ0n) is 13.4. The Morgan fingerprint density at radius 2 is 1.85 bits per heavy atom. The Morgan fingerprint density at radius 1 is 1.12 bits per heavy atom. The predicted molar refractivity (Wildman–Crippen MR) is 96.7 cm³/mol. The molecule has 3 rings (SSSR count). The molecule has 0 radical (unpaired) electrons. The summed E-state index contributed by atoms with van der Waals surface area (Å²) in [6.07, 6.45) is 0. The molecular formula is C18H13ClFN5O. The van der Waals surface area contributed by atoms with Crippen molar-refractivity contribution in [3.63, 3.8) is 0 Å². The first kappa shape index (κ1) is 17.5. The molecule has 0 saturated heterocycles. The molecule has 8 heteroatoms. The van der Waals surface area contributed by atoms with Crippen LogP contribution in [0.15, 0.2) is 42.5 Å². The van der Waals surface area contributed by atoms with E-state index in [4.69, 9.17) is 27.8 Å². The van der Waals surface area contributed by atoms with E-state index in [0.29, 0.717) is 27.6 Å². The fraction of sp³-hybridized carbons (Fsp3) is 0.0556. The number of benzene rings is 2. The van der Waals surface area contributed by atoms with Gasteiger partial charge >= 0.3 is 0 Å². The molecule has 2 aromatic carbocycles. The van der Waals surface area contributed by atoms with Gasteiger partial charge in [-0.25, -0.2) is 9.37 Å². The van der Waals surface area contributed by atoms with Crippen LogP contribution < -0.4 is 16.2 Å². The Kier molecular flexibility index (Phi) is 4.87. The van der Waals surface area contributed by atoms with E-state index in [0.717, 1.165) is 0 Å². The van der Waals surface area contributed by atoms with Crippen molar-refractivity contribution in [3.05, 3.63) is 64.4 Å². The highest BCUT2D eigenvalue weighted by Gasteiger charge is 2.13. The lowest BCUT2D eigenvalue weighted by Crippen LogP contribution is -2.05. The maximum absolute atomic E-state index is 13.1. The second kappa shape index (κ2) is 7.25. The maximum atomic E-state index is 13.1. The molecule has 3 aromatic rings. The molecule has 0 amide bonds. The summed E-state index contributed by atoms with van der Waals surface area (Å²) in [4.78, 5) is 7.87. The fourth-order valence-corrected chi connectivity index (χ4v) is 2.55. The van der Waals surface area contributed by atoms with Crippen molar-refractivity contribution < 1.29 is 9.13 Å². The Balaban J connectivity index is 1.80. The molecule has 1 heterocycles. The minimum absolute atomic E-state index is 0.0113. The lowest BCUT2D eigenvalue weighted by atomic mass is 10.1. The predicted octanol–water partition coefficient (Wildman–Crippen LogP) is 3.55. The largest absolute Gasteiger partial charge is 0.489 e. The first-order valence-corrected chi connectivity index (χ1v) is 7.86. The molecule has 0 aliphatic carbocycles. The molecule has 26 heavy (non-hydrogen) atoms. The summed E-state index contributed by atoms with van der Waals surface area (Å²) in [7, 11) is 0. The maximum Gasteiger partial charge on any atom is 0.222 e. The van der Waals surface area contributed by atoms with Gasteiger partial charge in [0.05, 0.1) is 10.7 Å². The molecule has 0 aliphatic rings. The van der Waals surface area contributed by atoms with Gasteiger partial charge in [0.25, 0.3) is 0 Å². The van der Waals surface area contributed by atoms with E-state index in [1.165, 1.54) is 12.1 Å². The number of ether oxygens (including phenoxy) is 1. The van der Waals surface area contributed by atoms with Gasteiger partial charge < -0.3 is 16.2 Å². The van der Waals surface area contributed by atoms with Crippen LogP contribution in [0.25, 0.3) is 11.3 Å². The van der Waals surface area contributed by atoms with Gasteiger partial charge in [-0.15, -0.1) is 0 Å². The number of anilines is 2. The fourth-order valence-electron chi connectivity index (χ4n) is 2.32. The van der Waals surface area contributed by atoms with Gasteiger partial charge in [-0.05, 0) is 36.4 Å². The number of nitriles is 1. The zero-order chi connectivity index (χ0) is 18.7. The van der Waals surface area contributed by atoms with Crippen LogP contribution in [0, 0.1) is 17.1 Å². The number of nitrogens with two attached hydrogens (primary N) is 2. The quantitative estimate of drug-likeness (QED) is 0.727. The summed E-state index contributed by atoms with van der Waals surface area (Å²) in [5, 5.41) is 9.55. The van der Waals surface area contributed by atoms with Crippen LogP contribution in [-0.4, -0.2) is 9.97 Å². The van der Waals surface area contributed by atoms with Gasteiger partial charge in [0.15, 0.2) is 0 Å². The Hall–Kier alpha value is -3.37. The minimum Gasteiger partial charge on any atom is -0.489 e. The van der Waals surface area contributed by atoms with Crippen LogP contribution in [0.4, 0.5) is 16.2 Å². The standard InChI is InChI=1S/C18H13ClFN5O/c19-15-7-12(20)4-1-11(15)9-26-13-5-2-10(3-6-13)16-14(8-21)17(22)25-18(23)24-16/h1-7H,9H2,(H4,22,23,24,25). The van der Waals surface area contributed by atoms with Crippen molar-refractivity contribution in [2.24, 2.45) is 0 Å². The molecule has 0 bridgehead atoms. The zero-order valence-corrected chi connectivity index (χ0v) is 14.2. The van der Waals surface area contributed by atoms with Crippen LogP contribution in [0.1, 0.15) is 11.1 Å². The van der Waals surface area contributed by atoms with Crippen molar-refractivity contribution in [1.82, 2.24) is 9.97 Å². The van der Waals surface area contributed by atoms with Crippen LogP contribution in [-0.2, 0) is 6.61 Å². The molecule has 1 aromatic heterocycles. The highest BCUT2D eigenvalue weighted by Crippen LogP contribution is 2.27. The second-order valence-electron chi connectivity index (χ2n) is 5.35. The number of halogens is 2. The van der Waals surface area contributed by atoms with Crippen LogP contribution in [0.2, 0.25) is 5.02 Å². The van der Waals surface area contributed by atoms with Gasteiger partial charge in [-0.1, -0.05) is 17.7 Å². The monoisotopic (exact) mass is 369 g/mol. The van der Waals surface area contributed by atoms with Crippen molar-refractivity contribution >= 4 is 23.4 Å². The molecule has 6 nitrogen and oxygen atoms in total. The van der Waals surface area contributed by atoms with Gasteiger partial charge in [-0.3, -0.25) is 0 Å². The summed E-state index contributed by atoms with van der Waals surface area (Å²) in [5.41, 5.74) is 13.2. The molecule has 0 fully saturated rings. The molecule has 0 atom stereocenters. The van der Waals surface area contributed by atoms with E-state index in [-0.39, 0.29) is 23.9 Å². The first-order valence-electron chi connectivity index (χ1n) is 7.48. The van der Waals surface area contributed by atoms with Crippen molar-refractivity contribution in [2.45, 2.75) is 6.61 Å². The third-order valence-electron chi connectivity index (χ3n) is 3.60. The van der Waals surface area contributed by atoms with E-state index >= 15 is 0 Å². The number of hydrogen-bond acceptors (Lipinski definition) is 6. The van der Waals surface area contributed by atoms with E-state index in [9.17, 15) is 9.65 Å². The number of hydrogen-bond donors (Lipinski definition) is 2. The SMILES string of the molecule is N#Cc1c(N)nc(N)nc1-c1ccc(OCc2ccc(F)cc2Cl)cc1. The van der Waals surface area contributed by atoms with Gasteiger partial charge in [0, 0.05) is 11.1 Å². The number of nitrogens with zero attached hydrogens (tertiary/aromatic N) is 3. The molecular weight excluding hydrogens is 357 g/mol. The van der Waals surface area contributed by atoms with Crippen LogP contribution in [0.5, 0.6) is 5.75 Å². The van der Waals surface area contributed by atoms with Gasteiger partial charge in [0.2, 0.25) is 5.95 Å². The number of nitrogen functional groups attached to an aromatic ring is 2. The Labute approximate surface area is 153 Å². The van der Waals surface area contributed by atoms with E-state index in [1.54, 1.807) is 30.3 Å². The minimum atomic E-state index is -0.403. The van der Waals surface area contributed by atoms with Crippen molar-refractivity contribution in [3.8, 4) is 23.1 Å². The van der Waals surface area contributed by atoms with Crippen LogP contribution >= 0.6 is 11.6 Å². The average molecular weight is 370 g/mol. The highest BCUT2D eigenvalue weighted by atomic mass is 35.5. The summed E-state index contributed by atoms with van der Waals surface area (Å²) in [6.45, 7) is 0.190. The Morgan fingerprint density at radius 3 is 2.50 bits per heavy atom. The van der Waals surface area contributed by atoms with Gasteiger partial charge in [0.1, 0.15) is 35.6 Å². The highest BCUT2D eigenvalue weighted by molar-refractivity contribution is 6.31. The smallest absolute Gasteiger partial charge is 0.222 e. The first-order chi connectivity index (χ1) is 12.5. The van der Waals surface area contributed by atoms with Crippen molar-refractivity contribution in [1.29, 1.82) is 5.26 Å². The molecule has 130 valence electrons. The third-order valence-corrected chi connectivity index (χ3v) is 3.96. The summed E-state index contributed by atoms with van der Waals surface area (Å²) in [6, 6.07) is 13.0. The third kappa shape index (κ3) is 3.66. The van der Waals surface area contributed by atoms with E-state index in [1.807, 2.05) is 6.07 Å². The van der Waals surface area contributed by atoms with E-state index in [2.05, 4.69) is 9.97 Å². The molecule has 0 spiro atoms. The summed E-state index contributed by atoms with van der Waals surface area (Å²) < 4.78 is 18.7. The second-order valence-corrected chi connectivity index (χ2v) is 5.76. The average Bonchev–Trinajstić information content (AvgIpc) is 2.61. The van der Waals surface area contributed by atoms with Crippen molar-refractivity contribution in [2.75, 3.05) is 11.5 Å². The lowest BCUT2D eigenvalue weighted by Gasteiger charge is -2.10. The Bertz CT molecular complexity index is 1000.